The molecule has 0 atom stereocenters. The Bertz CT molecular complexity index is 1080. The second-order valence-electron chi connectivity index (χ2n) is 6.49. The maximum atomic E-state index is 11.8. The van der Waals surface area contributed by atoms with Crippen molar-refractivity contribution >= 4 is 41.1 Å². The van der Waals surface area contributed by atoms with Crippen LogP contribution in [0.2, 0.25) is 5.02 Å². The van der Waals surface area contributed by atoms with Crippen LogP contribution in [0.5, 0.6) is 5.75 Å². The van der Waals surface area contributed by atoms with Gasteiger partial charge in [-0.25, -0.2) is 9.78 Å². The minimum atomic E-state index is -1.05. The quantitative estimate of drug-likeness (QED) is 0.336. The van der Waals surface area contributed by atoms with Crippen molar-refractivity contribution in [2.45, 2.75) is 19.0 Å². The fourth-order valence-corrected chi connectivity index (χ4v) is 3.91. The molecule has 0 unspecified atom stereocenters. The number of nitrogens with zero attached hydrogens (tertiary/aromatic N) is 3. The summed E-state index contributed by atoms with van der Waals surface area (Å²) < 4.78 is 5.34. The van der Waals surface area contributed by atoms with Gasteiger partial charge in [0.25, 0.3) is 0 Å². The largest absolute Gasteiger partial charge is 0.496 e. The van der Waals surface area contributed by atoms with Gasteiger partial charge in [0.2, 0.25) is 5.16 Å². The van der Waals surface area contributed by atoms with Crippen molar-refractivity contribution in [1.82, 2.24) is 15.2 Å². The van der Waals surface area contributed by atoms with Gasteiger partial charge in [-0.1, -0.05) is 23.7 Å². The number of hydrogen-bond acceptors (Lipinski definition) is 6. The molecule has 0 radical (unpaired) electrons. The standard InChI is InChI=1S/C22H23ClN4O3S/c1-4-27(5-2)16-9-6-14(7-10-16)12-19(21(28)29)31-22-24-20(25-26-22)17-13-15(23)8-11-18(17)30-3/h6-13H,4-5H2,1-3H3,(H,28,29)(H,24,25,26)/b19-12-. The van der Waals surface area contributed by atoms with Crippen molar-refractivity contribution in [3.8, 4) is 17.1 Å². The lowest BCUT2D eigenvalue weighted by Crippen LogP contribution is -2.21. The van der Waals surface area contributed by atoms with Crippen LogP contribution in [-0.4, -0.2) is 46.5 Å². The Kier molecular flexibility index (Phi) is 7.59. The number of methoxy groups -OCH3 is 1. The highest BCUT2D eigenvalue weighted by Crippen LogP contribution is 2.33. The van der Waals surface area contributed by atoms with E-state index in [-0.39, 0.29) is 10.1 Å². The molecule has 0 aliphatic heterocycles. The first-order valence-electron chi connectivity index (χ1n) is 9.69. The minimum Gasteiger partial charge on any atom is -0.496 e. The smallest absolute Gasteiger partial charge is 0.342 e. The van der Waals surface area contributed by atoms with Gasteiger partial charge >= 0.3 is 5.97 Å². The number of hydrogen-bond donors (Lipinski definition) is 2. The Labute approximate surface area is 190 Å². The molecule has 2 aromatic carbocycles. The lowest BCUT2D eigenvalue weighted by atomic mass is 10.2. The van der Waals surface area contributed by atoms with Crippen molar-refractivity contribution in [1.29, 1.82) is 0 Å². The zero-order chi connectivity index (χ0) is 22.4. The number of benzene rings is 2. The zero-order valence-electron chi connectivity index (χ0n) is 17.4. The van der Waals surface area contributed by atoms with E-state index in [0.29, 0.717) is 22.2 Å². The summed E-state index contributed by atoms with van der Waals surface area (Å²) >= 11 is 7.05. The van der Waals surface area contributed by atoms with Gasteiger partial charge in [0.05, 0.1) is 12.7 Å². The van der Waals surface area contributed by atoms with Crippen LogP contribution in [0.25, 0.3) is 17.5 Å². The van der Waals surface area contributed by atoms with Crippen LogP contribution in [0.3, 0.4) is 0 Å². The van der Waals surface area contributed by atoms with Crippen LogP contribution < -0.4 is 9.64 Å². The molecule has 0 spiro atoms. The third kappa shape index (κ3) is 5.59. The highest BCUT2D eigenvalue weighted by Gasteiger charge is 2.16. The summed E-state index contributed by atoms with van der Waals surface area (Å²) in [6.07, 6.45) is 1.61. The molecule has 0 bridgehead atoms. The number of aromatic nitrogens is 3. The molecule has 162 valence electrons. The summed E-state index contributed by atoms with van der Waals surface area (Å²) in [6.45, 7) is 6.01. The molecule has 0 amide bonds. The highest BCUT2D eigenvalue weighted by molar-refractivity contribution is 8.04. The number of thioether (sulfide) groups is 1. The van der Waals surface area contributed by atoms with Crippen LogP contribution in [0, 0.1) is 0 Å². The molecule has 9 heteroatoms. The van der Waals surface area contributed by atoms with E-state index in [1.54, 1.807) is 31.4 Å². The maximum absolute atomic E-state index is 11.8. The average Bonchev–Trinajstić information content (AvgIpc) is 3.23. The van der Waals surface area contributed by atoms with Gasteiger partial charge in [-0.2, -0.15) is 0 Å². The molecule has 0 fully saturated rings. The first-order valence-corrected chi connectivity index (χ1v) is 10.9. The molecule has 3 rings (SSSR count). The van der Waals surface area contributed by atoms with Crippen LogP contribution in [0.1, 0.15) is 19.4 Å². The number of anilines is 1. The molecule has 1 heterocycles. The number of halogens is 1. The first kappa shape index (κ1) is 22.7. The van der Waals surface area contributed by atoms with E-state index < -0.39 is 5.97 Å². The fourth-order valence-electron chi connectivity index (χ4n) is 3.03. The summed E-state index contributed by atoms with van der Waals surface area (Å²) in [5, 5.41) is 17.4. The summed E-state index contributed by atoms with van der Waals surface area (Å²) in [5.41, 5.74) is 2.52. The normalized spacial score (nSPS) is 11.4. The Balaban J connectivity index is 1.83. The predicted octanol–water partition coefficient (Wildman–Crippen LogP) is 5.20. The molecule has 0 saturated heterocycles. The Hall–Kier alpha value is -2.97. The number of rotatable bonds is 9. The second-order valence-corrected chi connectivity index (χ2v) is 7.94. The molecular weight excluding hydrogens is 436 g/mol. The van der Waals surface area contributed by atoms with Crippen molar-refractivity contribution < 1.29 is 14.6 Å². The van der Waals surface area contributed by atoms with Gasteiger partial charge in [-0.15, -0.1) is 5.10 Å². The summed E-state index contributed by atoms with van der Waals surface area (Å²) in [5.74, 6) is -0.0286. The Morgan fingerprint density at radius 3 is 2.55 bits per heavy atom. The van der Waals surface area contributed by atoms with Crippen molar-refractivity contribution in [2.75, 3.05) is 25.1 Å². The number of aliphatic carboxylic acids is 1. The monoisotopic (exact) mass is 458 g/mol. The van der Waals surface area contributed by atoms with Crippen LogP contribution in [0.15, 0.2) is 52.5 Å². The number of carbonyl (C=O) groups is 1. The fraction of sp³-hybridized carbons (Fsp3) is 0.227. The van der Waals surface area contributed by atoms with Gasteiger partial charge < -0.3 is 14.7 Å². The molecule has 31 heavy (non-hydrogen) atoms. The minimum absolute atomic E-state index is 0.110. The van der Waals surface area contributed by atoms with E-state index in [0.717, 1.165) is 36.1 Å². The number of ether oxygens (including phenoxy) is 1. The number of carboxylic acid groups (broad SMARTS) is 1. The topological polar surface area (TPSA) is 91.3 Å². The molecule has 0 aliphatic rings. The molecule has 7 nitrogen and oxygen atoms in total. The van der Waals surface area contributed by atoms with E-state index in [4.69, 9.17) is 16.3 Å². The number of nitrogens with one attached hydrogen (secondary N) is 1. The third-order valence-electron chi connectivity index (χ3n) is 4.61. The van der Waals surface area contributed by atoms with Crippen LogP contribution >= 0.6 is 23.4 Å². The van der Waals surface area contributed by atoms with Crippen LogP contribution in [-0.2, 0) is 4.79 Å². The third-order valence-corrected chi connectivity index (χ3v) is 5.73. The predicted molar refractivity (Wildman–Crippen MR) is 125 cm³/mol. The second kappa shape index (κ2) is 10.4. The lowest BCUT2D eigenvalue weighted by molar-refractivity contribution is -0.131. The van der Waals surface area contributed by atoms with E-state index in [2.05, 4.69) is 33.9 Å². The van der Waals surface area contributed by atoms with E-state index in [1.807, 2.05) is 24.3 Å². The van der Waals surface area contributed by atoms with Crippen LogP contribution in [0.4, 0.5) is 5.69 Å². The molecule has 0 saturated carbocycles. The van der Waals surface area contributed by atoms with Gasteiger partial charge in [-0.3, -0.25) is 5.10 Å². The highest BCUT2D eigenvalue weighted by atomic mass is 35.5. The Morgan fingerprint density at radius 2 is 1.94 bits per heavy atom. The van der Waals surface area contributed by atoms with Gasteiger partial charge in [0.1, 0.15) is 10.7 Å². The molecule has 3 aromatic rings. The summed E-state index contributed by atoms with van der Waals surface area (Å²) in [7, 11) is 1.55. The first-order chi connectivity index (χ1) is 14.9. The number of aromatic amines is 1. The molecule has 1 aromatic heterocycles. The van der Waals surface area contributed by atoms with Gasteiger partial charge in [0.15, 0.2) is 5.82 Å². The summed E-state index contributed by atoms with van der Waals surface area (Å²) in [6, 6.07) is 12.9. The average molecular weight is 459 g/mol. The summed E-state index contributed by atoms with van der Waals surface area (Å²) in [4.78, 5) is 18.5. The Morgan fingerprint density at radius 1 is 1.23 bits per heavy atom. The number of carboxylic acids is 1. The lowest BCUT2D eigenvalue weighted by Gasteiger charge is -2.20. The SMILES string of the molecule is CCN(CC)c1ccc(/C=C(\Sc2n[nH]c(-c3cc(Cl)ccc3OC)n2)C(=O)O)cc1. The van der Waals surface area contributed by atoms with Crippen molar-refractivity contribution in [3.05, 3.63) is 58.0 Å². The van der Waals surface area contributed by atoms with E-state index in [1.165, 1.54) is 0 Å². The van der Waals surface area contributed by atoms with Gasteiger partial charge in [0, 0.05) is 23.8 Å². The molecular formula is C22H23ClN4O3S. The number of H-pyrrole nitrogens is 1. The maximum Gasteiger partial charge on any atom is 0.342 e. The van der Waals surface area contributed by atoms with Crippen molar-refractivity contribution in [3.63, 3.8) is 0 Å². The van der Waals surface area contributed by atoms with Crippen molar-refractivity contribution in [2.24, 2.45) is 0 Å². The van der Waals surface area contributed by atoms with Gasteiger partial charge in [-0.05, 0) is 67.6 Å². The zero-order valence-corrected chi connectivity index (χ0v) is 19.0. The molecule has 0 aliphatic carbocycles. The molecule has 2 N–H and O–H groups in total. The van der Waals surface area contributed by atoms with E-state index >= 15 is 0 Å². The van der Waals surface area contributed by atoms with E-state index in [9.17, 15) is 9.90 Å².